The molecule has 61 heavy (non-hydrogen) atoms. The maximum atomic E-state index is 14.6. The van der Waals surface area contributed by atoms with E-state index in [4.69, 9.17) is 9.47 Å². The number of likely N-dealkylation sites (N-methyl/N-ethyl adjacent to an activating group) is 1. The lowest BCUT2D eigenvalue weighted by atomic mass is 9.80. The summed E-state index contributed by atoms with van der Waals surface area (Å²) in [5.74, 6) is -3.58. The van der Waals surface area contributed by atoms with Gasteiger partial charge < -0.3 is 25.0 Å². The average molecular weight is 857 g/mol. The molecule has 1 aliphatic carbocycles. The second kappa shape index (κ2) is 20.8. The van der Waals surface area contributed by atoms with Crippen molar-refractivity contribution in [3.8, 4) is 11.1 Å². The molecular weight excluding hydrogens is 800 g/mol. The largest absolute Gasteiger partial charge is 0.455 e. The van der Waals surface area contributed by atoms with Crippen molar-refractivity contribution in [2.24, 2.45) is 17.3 Å². The number of alkyl carbamates (subject to hydrolysis) is 1. The van der Waals surface area contributed by atoms with Crippen LogP contribution in [-0.2, 0) is 35.2 Å². The van der Waals surface area contributed by atoms with Gasteiger partial charge in [0.25, 0.3) is 5.91 Å². The predicted octanol–water partition coefficient (Wildman–Crippen LogP) is 8.76. The molecule has 0 fully saturated rings. The second-order valence-corrected chi connectivity index (χ2v) is 17.7. The highest BCUT2D eigenvalue weighted by atomic mass is 32.1. The number of carbonyl (C=O) groups is 5. The lowest BCUT2D eigenvalue weighted by molar-refractivity contribution is -0.188. The highest BCUT2D eigenvalue weighted by Gasteiger charge is 2.41. The number of aromatic nitrogens is 1. The molecule has 5 rings (SSSR count). The molecule has 12 nitrogen and oxygen atoms in total. The summed E-state index contributed by atoms with van der Waals surface area (Å²) in [5.41, 5.74) is 4.67. The van der Waals surface area contributed by atoms with E-state index in [-0.39, 0.29) is 42.9 Å². The Kier molecular flexibility index (Phi) is 15.8. The van der Waals surface area contributed by atoms with Crippen LogP contribution in [-0.4, -0.2) is 71.5 Å². The molecule has 3 amide bonds. The van der Waals surface area contributed by atoms with E-state index in [0.717, 1.165) is 39.2 Å². The van der Waals surface area contributed by atoms with Crippen molar-refractivity contribution in [1.29, 1.82) is 0 Å². The average Bonchev–Trinajstić information content (AvgIpc) is 3.86. The van der Waals surface area contributed by atoms with Crippen molar-refractivity contribution in [3.05, 3.63) is 112 Å². The molecule has 1 aromatic heterocycles. The van der Waals surface area contributed by atoms with Crippen LogP contribution in [0.2, 0.25) is 0 Å². The van der Waals surface area contributed by atoms with E-state index in [1.807, 2.05) is 101 Å². The molecule has 326 valence electrons. The Bertz CT molecular complexity index is 2110. The number of nitrogens with one attached hydrogen (secondary N) is 2. The molecule has 0 radical (unpaired) electrons. The molecule has 0 saturated heterocycles. The number of hydrogen-bond acceptors (Lipinski definition) is 10. The van der Waals surface area contributed by atoms with E-state index >= 15 is 0 Å². The highest BCUT2D eigenvalue weighted by Crippen LogP contribution is 2.44. The minimum atomic E-state index is -1.03. The Labute approximate surface area is 361 Å². The summed E-state index contributed by atoms with van der Waals surface area (Å²) in [7, 11) is 1.67. The van der Waals surface area contributed by atoms with Crippen molar-refractivity contribution < 1.29 is 42.9 Å². The fourth-order valence-electron chi connectivity index (χ4n) is 7.91. The number of ether oxygens (including phenoxy) is 2. The summed E-state index contributed by atoms with van der Waals surface area (Å²) in [6.07, 6.45) is -0.426. The zero-order valence-corrected chi connectivity index (χ0v) is 36.9. The van der Waals surface area contributed by atoms with E-state index in [1.165, 1.54) is 13.8 Å². The number of benzene rings is 3. The molecule has 5 unspecified atom stereocenters. The van der Waals surface area contributed by atoms with Crippen LogP contribution in [0.15, 0.2) is 84.2 Å². The number of esters is 1. The number of nitrogens with zero attached hydrogens (tertiary/aromatic N) is 2. The van der Waals surface area contributed by atoms with Gasteiger partial charge in [-0.25, -0.2) is 14.6 Å². The monoisotopic (exact) mass is 856 g/mol. The lowest BCUT2D eigenvalue weighted by Gasteiger charge is -2.40. The van der Waals surface area contributed by atoms with Crippen molar-refractivity contribution in [2.75, 3.05) is 13.7 Å². The molecule has 14 heteroatoms. The first-order valence-electron chi connectivity index (χ1n) is 20.7. The van der Waals surface area contributed by atoms with Gasteiger partial charge in [-0.2, -0.15) is 0 Å². The number of fused-ring (bicyclic) bond motifs is 3. The molecule has 0 spiro atoms. The van der Waals surface area contributed by atoms with Crippen LogP contribution in [0.4, 0.5) is 9.32 Å². The summed E-state index contributed by atoms with van der Waals surface area (Å²) in [6, 6.07) is 23.5. The van der Waals surface area contributed by atoms with Crippen molar-refractivity contribution >= 4 is 41.2 Å². The summed E-state index contributed by atoms with van der Waals surface area (Å²) in [5, 5.41) is 7.73. The van der Waals surface area contributed by atoms with Crippen LogP contribution < -0.4 is 10.6 Å². The molecule has 0 aliphatic heterocycles. The van der Waals surface area contributed by atoms with E-state index in [2.05, 4.69) is 32.7 Å². The van der Waals surface area contributed by atoms with Gasteiger partial charge in [-0.05, 0) is 58.4 Å². The first-order chi connectivity index (χ1) is 29.0. The molecule has 0 bridgehead atoms. The third-order valence-electron chi connectivity index (χ3n) is 11.7. The number of amides is 3. The van der Waals surface area contributed by atoms with Crippen molar-refractivity contribution in [1.82, 2.24) is 20.5 Å². The number of halogens is 1. The summed E-state index contributed by atoms with van der Waals surface area (Å²) < 4.78 is 24.4. The number of thiazole rings is 1. The van der Waals surface area contributed by atoms with Gasteiger partial charge in [-0.1, -0.05) is 120 Å². The van der Waals surface area contributed by atoms with Crippen LogP contribution >= 0.6 is 11.3 Å². The molecule has 2 N–H and O–H groups in total. The van der Waals surface area contributed by atoms with Gasteiger partial charge in [0.15, 0.2) is 6.10 Å². The predicted molar refractivity (Wildman–Crippen MR) is 231 cm³/mol. The summed E-state index contributed by atoms with van der Waals surface area (Å²) >= 11 is 1.14. The zero-order chi connectivity index (χ0) is 44.4. The fourth-order valence-corrected chi connectivity index (χ4v) is 8.75. The Morgan fingerprint density at radius 2 is 1.49 bits per heavy atom. The molecular formula is C47H57FN4O8S. The van der Waals surface area contributed by atoms with Crippen LogP contribution in [0.3, 0.4) is 0 Å². The molecule has 4 aromatic rings. The van der Waals surface area contributed by atoms with E-state index in [0.29, 0.717) is 17.8 Å². The molecule has 3 aromatic carbocycles. The van der Waals surface area contributed by atoms with Crippen molar-refractivity contribution in [2.45, 2.75) is 104 Å². The van der Waals surface area contributed by atoms with Crippen molar-refractivity contribution in [3.63, 3.8) is 0 Å². The molecule has 1 heterocycles. The third kappa shape index (κ3) is 11.6. The second-order valence-electron chi connectivity index (χ2n) is 16.8. The quantitative estimate of drug-likeness (QED) is 0.0882. The normalized spacial score (nSPS) is 14.7. The van der Waals surface area contributed by atoms with Crippen LogP contribution in [0.1, 0.15) is 112 Å². The van der Waals surface area contributed by atoms with Gasteiger partial charge in [0.2, 0.25) is 5.91 Å². The summed E-state index contributed by atoms with van der Waals surface area (Å²) in [6.45, 7) is 12.6. The van der Waals surface area contributed by atoms with Gasteiger partial charge in [-0.15, -0.1) is 11.3 Å². The van der Waals surface area contributed by atoms with Crippen LogP contribution in [0, 0.1) is 17.3 Å². The Hall–Kier alpha value is -5.63. The Morgan fingerprint density at radius 1 is 0.885 bits per heavy atom. The van der Waals surface area contributed by atoms with Gasteiger partial charge in [0, 0.05) is 48.3 Å². The SMILES string of the molecule is CCC(C)(C)C(NC(=O)OCC1c2ccccc2-c2ccccc21)C(=O)N(C)C(CC(OC(C)=O)c1nc(C(=O)NC(Cc2ccccc2)CC(C)C(=O)OF)cs1)C(C)C. The zero-order valence-electron chi connectivity index (χ0n) is 36.1. The number of carbonyl (C=O) groups excluding carboxylic acids is 5. The number of rotatable bonds is 19. The molecule has 5 atom stereocenters. The van der Waals surface area contributed by atoms with E-state index < -0.39 is 59.5 Å². The number of hydrogen-bond donors (Lipinski definition) is 2. The van der Waals surface area contributed by atoms with Gasteiger partial charge >= 0.3 is 18.0 Å². The maximum Gasteiger partial charge on any atom is 0.407 e. The van der Waals surface area contributed by atoms with Gasteiger partial charge in [-0.3, -0.25) is 19.3 Å². The van der Waals surface area contributed by atoms with E-state index in [9.17, 15) is 28.5 Å². The first kappa shape index (κ1) is 46.4. The highest BCUT2D eigenvalue weighted by molar-refractivity contribution is 7.09. The Morgan fingerprint density at radius 3 is 2.07 bits per heavy atom. The fraction of sp³-hybridized carbons (Fsp3) is 0.447. The van der Waals surface area contributed by atoms with E-state index in [1.54, 1.807) is 17.3 Å². The first-order valence-corrected chi connectivity index (χ1v) is 21.6. The Balaban J connectivity index is 1.30. The summed E-state index contributed by atoms with van der Waals surface area (Å²) in [4.78, 5) is 75.8. The van der Waals surface area contributed by atoms with Gasteiger partial charge in [0.1, 0.15) is 23.4 Å². The minimum Gasteiger partial charge on any atom is -0.455 e. The maximum absolute atomic E-state index is 14.6. The third-order valence-corrected chi connectivity index (χ3v) is 12.7. The smallest absolute Gasteiger partial charge is 0.407 e. The van der Waals surface area contributed by atoms with Crippen LogP contribution in [0.25, 0.3) is 11.1 Å². The topological polar surface area (TPSA) is 153 Å². The molecule has 1 aliphatic rings. The van der Waals surface area contributed by atoms with Gasteiger partial charge in [0.05, 0.1) is 5.92 Å². The van der Waals surface area contributed by atoms with Crippen LogP contribution in [0.5, 0.6) is 0 Å². The molecule has 0 saturated carbocycles. The lowest BCUT2D eigenvalue weighted by Crippen LogP contribution is -2.57. The standard InChI is InChI=1S/C47H57FN4O8S/c1-9-47(6,7)41(51-46(57)58-26-37-35-21-15-13-19-33(35)34-20-14-16-22-36(34)37)44(55)52(8)39(28(2)3)25-40(59-30(5)53)43-50-38(27-61-43)42(54)49-32(23-29(4)45(56)60-48)24-31-17-11-10-12-18-31/h10-22,27-29,32,37,39-41H,9,23-26H2,1-8H3,(H,49,54)(H,51,57). The minimum absolute atomic E-state index is 0.0681.